The lowest BCUT2D eigenvalue weighted by Gasteiger charge is -2.17. The standard InChI is InChI=1S/C17H18ClN3O3/c18-13-3-1-2-11(9-19)15(13)16(22)21-14(17(23)24)8-10-4-6-12(20)7-5-10/h1-7,14H,8-9,19-20H2,(H,21,22)(H,23,24). The Hall–Kier alpha value is -2.57. The third-order valence-electron chi connectivity index (χ3n) is 3.57. The Morgan fingerprint density at radius 3 is 2.42 bits per heavy atom. The van der Waals surface area contributed by atoms with Gasteiger partial charge in [0.15, 0.2) is 0 Å². The zero-order valence-electron chi connectivity index (χ0n) is 12.8. The van der Waals surface area contributed by atoms with Crippen LogP contribution < -0.4 is 16.8 Å². The van der Waals surface area contributed by atoms with Gasteiger partial charge in [-0.3, -0.25) is 4.79 Å². The molecule has 7 heteroatoms. The zero-order chi connectivity index (χ0) is 17.7. The van der Waals surface area contributed by atoms with E-state index in [2.05, 4.69) is 5.32 Å². The van der Waals surface area contributed by atoms with Gasteiger partial charge in [-0.2, -0.15) is 0 Å². The number of nitrogens with one attached hydrogen (secondary N) is 1. The molecule has 0 aromatic heterocycles. The molecule has 6 nitrogen and oxygen atoms in total. The van der Waals surface area contributed by atoms with E-state index in [1.807, 2.05) is 0 Å². The van der Waals surface area contributed by atoms with E-state index >= 15 is 0 Å². The van der Waals surface area contributed by atoms with Crippen molar-refractivity contribution in [1.82, 2.24) is 5.32 Å². The Labute approximate surface area is 144 Å². The molecule has 6 N–H and O–H groups in total. The number of carboxylic acids is 1. The van der Waals surface area contributed by atoms with Crippen LogP contribution in [0.5, 0.6) is 0 Å². The van der Waals surface area contributed by atoms with Crippen LogP contribution in [0.25, 0.3) is 0 Å². The maximum absolute atomic E-state index is 12.5. The van der Waals surface area contributed by atoms with Crippen molar-refractivity contribution in [2.75, 3.05) is 5.73 Å². The van der Waals surface area contributed by atoms with Crippen molar-refractivity contribution in [3.8, 4) is 0 Å². The molecule has 0 heterocycles. The first-order valence-corrected chi connectivity index (χ1v) is 7.65. The van der Waals surface area contributed by atoms with Crippen molar-refractivity contribution in [2.24, 2.45) is 5.73 Å². The van der Waals surface area contributed by atoms with E-state index in [9.17, 15) is 14.7 Å². The van der Waals surface area contributed by atoms with Crippen molar-refractivity contribution in [1.29, 1.82) is 0 Å². The molecule has 1 unspecified atom stereocenters. The van der Waals surface area contributed by atoms with Crippen molar-refractivity contribution in [3.05, 3.63) is 64.2 Å². The van der Waals surface area contributed by atoms with Crippen LogP contribution in [0.2, 0.25) is 5.02 Å². The summed E-state index contributed by atoms with van der Waals surface area (Å²) in [5.74, 6) is -1.70. The summed E-state index contributed by atoms with van der Waals surface area (Å²) in [6.45, 7) is 0.124. The molecular weight excluding hydrogens is 330 g/mol. The van der Waals surface area contributed by atoms with Crippen molar-refractivity contribution in [2.45, 2.75) is 19.0 Å². The minimum absolute atomic E-state index is 0.124. The topological polar surface area (TPSA) is 118 Å². The highest BCUT2D eigenvalue weighted by atomic mass is 35.5. The fourth-order valence-electron chi connectivity index (χ4n) is 2.31. The van der Waals surface area contributed by atoms with Crippen LogP contribution in [0.1, 0.15) is 21.5 Å². The second-order valence-corrected chi connectivity index (χ2v) is 5.70. The number of benzene rings is 2. The normalized spacial score (nSPS) is 11.8. The van der Waals surface area contributed by atoms with E-state index in [0.717, 1.165) is 5.56 Å². The number of nitrogen functional groups attached to an aromatic ring is 1. The highest BCUT2D eigenvalue weighted by Crippen LogP contribution is 2.20. The Balaban J connectivity index is 2.20. The molecule has 24 heavy (non-hydrogen) atoms. The summed E-state index contributed by atoms with van der Waals surface area (Å²) in [6.07, 6.45) is 0.129. The van der Waals surface area contributed by atoms with Gasteiger partial charge in [0.2, 0.25) is 0 Å². The third kappa shape index (κ3) is 4.24. The third-order valence-corrected chi connectivity index (χ3v) is 3.88. The molecule has 0 aliphatic heterocycles. The average molecular weight is 348 g/mol. The molecule has 0 fully saturated rings. The van der Waals surface area contributed by atoms with Crippen LogP contribution in [-0.4, -0.2) is 23.0 Å². The van der Waals surface area contributed by atoms with Gasteiger partial charge in [0.1, 0.15) is 6.04 Å². The number of halogens is 1. The van der Waals surface area contributed by atoms with Crippen LogP contribution in [-0.2, 0) is 17.8 Å². The lowest BCUT2D eigenvalue weighted by Crippen LogP contribution is -2.42. The van der Waals surface area contributed by atoms with Gasteiger partial charge >= 0.3 is 5.97 Å². The summed E-state index contributed by atoms with van der Waals surface area (Å²) in [4.78, 5) is 23.9. The van der Waals surface area contributed by atoms with Gasteiger partial charge < -0.3 is 21.9 Å². The first kappa shape index (κ1) is 17.8. The van der Waals surface area contributed by atoms with E-state index in [1.165, 1.54) is 0 Å². The lowest BCUT2D eigenvalue weighted by molar-refractivity contribution is -0.139. The molecule has 0 saturated carbocycles. The van der Waals surface area contributed by atoms with Crippen molar-refractivity contribution < 1.29 is 14.7 Å². The van der Waals surface area contributed by atoms with E-state index in [1.54, 1.807) is 42.5 Å². The zero-order valence-corrected chi connectivity index (χ0v) is 13.6. The maximum atomic E-state index is 12.5. The van der Waals surface area contributed by atoms with Gasteiger partial charge in [0.25, 0.3) is 5.91 Å². The minimum atomic E-state index is -1.14. The Morgan fingerprint density at radius 1 is 1.17 bits per heavy atom. The average Bonchev–Trinajstić information content (AvgIpc) is 2.55. The predicted octanol–water partition coefficient (Wildman–Crippen LogP) is 1.81. The van der Waals surface area contributed by atoms with Crippen LogP contribution in [0.3, 0.4) is 0 Å². The highest BCUT2D eigenvalue weighted by molar-refractivity contribution is 6.34. The number of hydrogen-bond donors (Lipinski definition) is 4. The fourth-order valence-corrected chi connectivity index (χ4v) is 2.59. The Kier molecular flexibility index (Phi) is 5.78. The van der Waals surface area contributed by atoms with Crippen LogP contribution in [0, 0.1) is 0 Å². The highest BCUT2D eigenvalue weighted by Gasteiger charge is 2.23. The number of carboxylic acid groups (broad SMARTS) is 1. The summed E-state index contributed by atoms with van der Waals surface area (Å²) in [7, 11) is 0. The van der Waals surface area contributed by atoms with Gasteiger partial charge in [-0.05, 0) is 29.3 Å². The number of rotatable bonds is 6. The molecule has 0 bridgehead atoms. The van der Waals surface area contributed by atoms with Crippen LogP contribution in [0.4, 0.5) is 5.69 Å². The molecule has 0 aliphatic carbocycles. The lowest BCUT2D eigenvalue weighted by atomic mass is 10.0. The molecule has 1 amide bonds. The van der Waals surface area contributed by atoms with Crippen molar-refractivity contribution >= 4 is 29.2 Å². The second kappa shape index (κ2) is 7.81. The van der Waals surface area contributed by atoms with Crippen LogP contribution in [0.15, 0.2) is 42.5 Å². The summed E-state index contributed by atoms with van der Waals surface area (Å²) in [5.41, 5.74) is 13.3. The molecule has 0 aliphatic rings. The number of carbonyl (C=O) groups excluding carboxylic acids is 1. The largest absolute Gasteiger partial charge is 0.480 e. The van der Waals surface area contributed by atoms with Crippen molar-refractivity contribution in [3.63, 3.8) is 0 Å². The Bertz CT molecular complexity index is 747. The molecule has 2 rings (SSSR count). The molecular formula is C17H18ClN3O3. The number of aliphatic carboxylic acids is 1. The van der Waals surface area contributed by atoms with E-state index in [-0.39, 0.29) is 23.6 Å². The molecule has 0 saturated heterocycles. The van der Waals surface area contributed by atoms with E-state index in [4.69, 9.17) is 23.1 Å². The number of nitrogens with two attached hydrogens (primary N) is 2. The summed E-state index contributed by atoms with van der Waals surface area (Å²) in [6, 6.07) is 10.6. The summed E-state index contributed by atoms with van der Waals surface area (Å²) < 4.78 is 0. The smallest absolute Gasteiger partial charge is 0.326 e. The van der Waals surface area contributed by atoms with E-state index in [0.29, 0.717) is 11.3 Å². The molecule has 2 aromatic carbocycles. The maximum Gasteiger partial charge on any atom is 0.326 e. The van der Waals surface area contributed by atoms with Gasteiger partial charge in [0, 0.05) is 18.7 Å². The van der Waals surface area contributed by atoms with Gasteiger partial charge in [0.05, 0.1) is 10.6 Å². The van der Waals surface area contributed by atoms with Gasteiger partial charge in [-0.15, -0.1) is 0 Å². The summed E-state index contributed by atoms with van der Waals surface area (Å²) in [5, 5.41) is 12.1. The SMILES string of the molecule is NCc1cccc(Cl)c1C(=O)NC(Cc1ccc(N)cc1)C(=O)O. The molecule has 1 atom stereocenters. The quantitative estimate of drug-likeness (QED) is 0.594. The Morgan fingerprint density at radius 2 is 1.83 bits per heavy atom. The number of hydrogen-bond acceptors (Lipinski definition) is 4. The van der Waals surface area contributed by atoms with Gasteiger partial charge in [-0.25, -0.2) is 4.79 Å². The molecule has 2 aromatic rings. The summed E-state index contributed by atoms with van der Waals surface area (Å²) >= 11 is 6.07. The first-order valence-electron chi connectivity index (χ1n) is 7.28. The number of amides is 1. The fraction of sp³-hybridized carbons (Fsp3) is 0.176. The number of carbonyl (C=O) groups is 2. The second-order valence-electron chi connectivity index (χ2n) is 5.29. The molecule has 126 valence electrons. The van der Waals surface area contributed by atoms with Gasteiger partial charge in [-0.1, -0.05) is 35.9 Å². The molecule has 0 radical (unpaired) electrons. The monoisotopic (exact) mass is 347 g/mol. The van der Waals surface area contributed by atoms with E-state index < -0.39 is 17.9 Å². The minimum Gasteiger partial charge on any atom is -0.480 e. The van der Waals surface area contributed by atoms with Crippen LogP contribution >= 0.6 is 11.6 Å². The predicted molar refractivity (Wildman–Crippen MR) is 92.8 cm³/mol. The molecule has 0 spiro atoms. The number of anilines is 1. The first-order chi connectivity index (χ1) is 11.4.